The second kappa shape index (κ2) is 7.00. The Balaban J connectivity index is 2.26. The van der Waals surface area contributed by atoms with Crippen LogP contribution in [0.2, 0.25) is 0 Å². The van der Waals surface area contributed by atoms with Gasteiger partial charge in [0.05, 0.1) is 11.5 Å². The quantitative estimate of drug-likeness (QED) is 0.654. The fourth-order valence-corrected chi connectivity index (χ4v) is 4.51. The van der Waals surface area contributed by atoms with E-state index in [9.17, 15) is 8.42 Å². The van der Waals surface area contributed by atoms with Crippen LogP contribution in [0.4, 0.5) is 0 Å². The number of aromatic nitrogens is 1. The molecule has 3 rings (SSSR count). The van der Waals surface area contributed by atoms with Crippen molar-refractivity contribution in [1.29, 1.82) is 0 Å². The normalized spacial score (nSPS) is 11.5. The van der Waals surface area contributed by atoms with Crippen LogP contribution in [0.15, 0.2) is 59.5 Å². The van der Waals surface area contributed by atoms with Gasteiger partial charge in [0.1, 0.15) is 11.4 Å². The van der Waals surface area contributed by atoms with Crippen LogP contribution in [0, 0.1) is 20.8 Å². The molecule has 4 nitrogen and oxygen atoms in total. The van der Waals surface area contributed by atoms with Crippen LogP contribution >= 0.6 is 0 Å². The van der Waals surface area contributed by atoms with Crippen LogP contribution in [0.1, 0.15) is 23.7 Å². The minimum Gasteiger partial charge on any atom is -0.492 e. The van der Waals surface area contributed by atoms with E-state index in [4.69, 9.17) is 4.74 Å². The molecule has 0 bridgehead atoms. The largest absolute Gasteiger partial charge is 0.492 e. The van der Waals surface area contributed by atoms with Gasteiger partial charge in [-0.25, -0.2) is 12.4 Å². The summed E-state index contributed by atoms with van der Waals surface area (Å²) in [5.41, 5.74) is 4.11. The van der Waals surface area contributed by atoms with Gasteiger partial charge in [-0.05, 0) is 39.8 Å². The third kappa shape index (κ3) is 3.27. The van der Waals surface area contributed by atoms with Gasteiger partial charge in [-0.3, -0.25) is 0 Å². The standard InChI is InChI=1S/C21H23NO3S/c1-5-25-20-14-17(4)22(21(20)18-10-6-15(2)7-11-18)26(23,24)19-12-8-16(3)9-13-19/h6-14H,5H2,1-4H3. The molecule has 0 spiro atoms. The van der Waals surface area contributed by atoms with Gasteiger partial charge in [0.2, 0.25) is 0 Å². The lowest BCUT2D eigenvalue weighted by atomic mass is 10.1. The summed E-state index contributed by atoms with van der Waals surface area (Å²) in [5.74, 6) is 0.574. The average molecular weight is 369 g/mol. The molecular weight excluding hydrogens is 346 g/mol. The topological polar surface area (TPSA) is 48.3 Å². The van der Waals surface area contributed by atoms with E-state index in [1.165, 1.54) is 3.97 Å². The van der Waals surface area contributed by atoms with Crippen molar-refractivity contribution in [2.75, 3.05) is 6.61 Å². The van der Waals surface area contributed by atoms with E-state index in [0.29, 0.717) is 23.7 Å². The Bertz CT molecular complexity index is 1010. The Hall–Kier alpha value is -2.53. The molecule has 5 heteroatoms. The summed E-state index contributed by atoms with van der Waals surface area (Å²) in [4.78, 5) is 0.262. The zero-order valence-corrected chi connectivity index (χ0v) is 16.3. The Labute approximate surface area is 155 Å². The monoisotopic (exact) mass is 369 g/mol. The Kier molecular flexibility index (Phi) is 4.92. The van der Waals surface area contributed by atoms with Gasteiger partial charge in [0.25, 0.3) is 10.0 Å². The first-order valence-corrected chi connectivity index (χ1v) is 10.0. The third-order valence-electron chi connectivity index (χ3n) is 4.28. The molecule has 0 aliphatic rings. The number of hydrogen-bond donors (Lipinski definition) is 0. The molecule has 2 aromatic carbocycles. The first kappa shape index (κ1) is 18.3. The van der Waals surface area contributed by atoms with Crippen molar-refractivity contribution < 1.29 is 13.2 Å². The van der Waals surface area contributed by atoms with Crippen LogP contribution in [0.5, 0.6) is 5.75 Å². The first-order valence-electron chi connectivity index (χ1n) is 8.59. The fourth-order valence-electron chi connectivity index (χ4n) is 2.96. The molecule has 1 heterocycles. The van der Waals surface area contributed by atoms with E-state index in [2.05, 4.69) is 0 Å². The summed E-state index contributed by atoms with van der Waals surface area (Å²) in [5, 5.41) is 0. The van der Waals surface area contributed by atoms with Crippen molar-refractivity contribution >= 4 is 10.0 Å². The molecule has 0 fully saturated rings. The van der Waals surface area contributed by atoms with Crippen LogP contribution in [0.25, 0.3) is 11.3 Å². The van der Waals surface area contributed by atoms with Crippen molar-refractivity contribution in [2.45, 2.75) is 32.6 Å². The number of aryl methyl sites for hydroxylation is 3. The number of hydrogen-bond acceptors (Lipinski definition) is 3. The highest BCUT2D eigenvalue weighted by Gasteiger charge is 2.26. The lowest BCUT2D eigenvalue weighted by Crippen LogP contribution is -2.16. The maximum absolute atomic E-state index is 13.4. The average Bonchev–Trinajstić information content (AvgIpc) is 2.93. The first-order chi connectivity index (χ1) is 12.3. The molecule has 3 aromatic rings. The van der Waals surface area contributed by atoms with Crippen molar-refractivity contribution in [2.24, 2.45) is 0 Å². The molecule has 1 aromatic heterocycles. The highest BCUT2D eigenvalue weighted by atomic mass is 32.2. The van der Waals surface area contributed by atoms with E-state index in [1.54, 1.807) is 37.3 Å². The summed E-state index contributed by atoms with van der Waals surface area (Å²) in [6, 6.07) is 16.5. The molecule has 0 aliphatic heterocycles. The van der Waals surface area contributed by atoms with Gasteiger partial charge < -0.3 is 4.74 Å². The highest BCUT2D eigenvalue weighted by Crippen LogP contribution is 2.36. The molecule has 0 radical (unpaired) electrons. The maximum atomic E-state index is 13.4. The highest BCUT2D eigenvalue weighted by molar-refractivity contribution is 7.90. The molecule has 26 heavy (non-hydrogen) atoms. The second-order valence-corrected chi connectivity index (χ2v) is 8.17. The summed E-state index contributed by atoms with van der Waals surface area (Å²) in [7, 11) is -3.74. The molecular formula is C21H23NO3S. The Morgan fingerprint density at radius 2 is 1.42 bits per heavy atom. The maximum Gasteiger partial charge on any atom is 0.268 e. The molecule has 0 aliphatic carbocycles. The smallest absolute Gasteiger partial charge is 0.268 e. The van der Waals surface area contributed by atoms with E-state index in [-0.39, 0.29) is 4.90 Å². The van der Waals surface area contributed by atoms with Gasteiger partial charge in [0, 0.05) is 17.3 Å². The summed E-state index contributed by atoms with van der Waals surface area (Å²) >= 11 is 0. The summed E-state index contributed by atoms with van der Waals surface area (Å²) in [6.45, 7) is 8.07. The lowest BCUT2D eigenvalue weighted by molar-refractivity contribution is 0.342. The summed E-state index contributed by atoms with van der Waals surface area (Å²) in [6.07, 6.45) is 0. The van der Waals surface area contributed by atoms with Gasteiger partial charge >= 0.3 is 0 Å². The van der Waals surface area contributed by atoms with Crippen molar-refractivity contribution in [3.05, 3.63) is 71.4 Å². The van der Waals surface area contributed by atoms with Crippen LogP contribution < -0.4 is 4.74 Å². The van der Waals surface area contributed by atoms with Crippen molar-refractivity contribution in [3.63, 3.8) is 0 Å². The van der Waals surface area contributed by atoms with E-state index < -0.39 is 10.0 Å². The van der Waals surface area contributed by atoms with E-state index in [0.717, 1.165) is 16.7 Å². The zero-order chi connectivity index (χ0) is 18.9. The van der Waals surface area contributed by atoms with Gasteiger partial charge in [-0.2, -0.15) is 0 Å². The molecule has 0 atom stereocenters. The Morgan fingerprint density at radius 1 is 0.885 bits per heavy atom. The van der Waals surface area contributed by atoms with Crippen molar-refractivity contribution in [3.8, 4) is 17.0 Å². The van der Waals surface area contributed by atoms with Gasteiger partial charge in [0.15, 0.2) is 0 Å². The van der Waals surface area contributed by atoms with Crippen LogP contribution in [-0.2, 0) is 10.0 Å². The van der Waals surface area contributed by atoms with E-state index in [1.807, 2.05) is 45.0 Å². The number of rotatable bonds is 5. The Morgan fingerprint density at radius 3 is 1.96 bits per heavy atom. The predicted molar refractivity (Wildman–Crippen MR) is 104 cm³/mol. The fraction of sp³-hybridized carbons (Fsp3) is 0.238. The van der Waals surface area contributed by atoms with Crippen molar-refractivity contribution in [1.82, 2.24) is 3.97 Å². The minimum absolute atomic E-state index is 0.262. The number of benzene rings is 2. The lowest BCUT2D eigenvalue weighted by Gasteiger charge is -2.14. The molecule has 0 N–H and O–H groups in total. The number of ether oxygens (including phenoxy) is 1. The third-order valence-corrected chi connectivity index (χ3v) is 6.10. The molecule has 0 saturated heterocycles. The second-order valence-electron chi connectivity index (χ2n) is 6.38. The molecule has 0 amide bonds. The van der Waals surface area contributed by atoms with Gasteiger partial charge in [-0.15, -0.1) is 0 Å². The van der Waals surface area contributed by atoms with Crippen LogP contribution in [0.3, 0.4) is 0 Å². The number of nitrogens with zero attached hydrogens (tertiary/aromatic N) is 1. The predicted octanol–water partition coefficient (Wildman–Crippen LogP) is 4.72. The zero-order valence-electron chi connectivity index (χ0n) is 15.5. The van der Waals surface area contributed by atoms with E-state index >= 15 is 0 Å². The molecule has 136 valence electrons. The minimum atomic E-state index is -3.74. The molecule has 0 unspecified atom stereocenters. The van der Waals surface area contributed by atoms with Crippen LogP contribution in [-0.4, -0.2) is 19.0 Å². The SMILES string of the molecule is CCOc1cc(C)n(S(=O)(=O)c2ccc(C)cc2)c1-c1ccc(C)cc1. The van der Waals surface area contributed by atoms with Gasteiger partial charge in [-0.1, -0.05) is 47.5 Å². The summed E-state index contributed by atoms with van der Waals surface area (Å²) < 4.78 is 33.8. The molecule has 0 saturated carbocycles.